The average Bonchev–Trinajstić information content (AvgIpc) is 3.11. The van der Waals surface area contributed by atoms with Crippen molar-refractivity contribution in [2.75, 3.05) is 6.54 Å². The van der Waals surface area contributed by atoms with Crippen LogP contribution in [0.1, 0.15) is 38.5 Å². The van der Waals surface area contributed by atoms with Gasteiger partial charge in [-0.05, 0) is 50.4 Å². The molecule has 0 aromatic rings. The molecule has 5 aliphatic rings. The SMILES string of the molecule is N#C[C@@H]1CC[C@H](C#N)N1C(=O)CNC12CC3C=C1CC(C3)C2. The molecule has 3 unspecified atom stereocenters. The lowest BCUT2D eigenvalue weighted by Gasteiger charge is -2.34. The third-order valence-electron chi connectivity index (χ3n) is 5.99. The van der Waals surface area contributed by atoms with Gasteiger partial charge in [0, 0.05) is 5.54 Å². The van der Waals surface area contributed by atoms with E-state index in [9.17, 15) is 15.3 Å². The second-order valence-corrected chi connectivity index (χ2v) is 7.27. The van der Waals surface area contributed by atoms with Crippen LogP contribution in [0.3, 0.4) is 0 Å². The van der Waals surface area contributed by atoms with Crippen molar-refractivity contribution in [2.24, 2.45) is 11.8 Å². The summed E-state index contributed by atoms with van der Waals surface area (Å²) in [5.41, 5.74) is 1.53. The van der Waals surface area contributed by atoms with Crippen molar-refractivity contribution >= 4 is 5.91 Å². The number of carbonyl (C=O) groups is 1. The Morgan fingerprint density at radius 2 is 2.05 bits per heavy atom. The molecule has 22 heavy (non-hydrogen) atoms. The molecule has 1 saturated heterocycles. The fraction of sp³-hybridized carbons (Fsp3) is 0.706. The molecule has 1 amide bonds. The monoisotopic (exact) mass is 296 g/mol. The van der Waals surface area contributed by atoms with E-state index in [0.717, 1.165) is 18.8 Å². The maximum absolute atomic E-state index is 12.6. The Balaban J connectivity index is 1.44. The highest BCUT2D eigenvalue weighted by Crippen LogP contribution is 2.56. The second-order valence-electron chi connectivity index (χ2n) is 7.27. The standard InChI is InChI=1S/C17H20N4O/c18-8-14-1-2-15(9-19)21(14)16(22)10-20-17-6-11-3-12(7-17)5-13(17)4-11/h4,11-12,14-15,20H,1-3,5-7,10H2/t11?,12?,14-,15+,17?. The van der Waals surface area contributed by atoms with Crippen LogP contribution >= 0.6 is 0 Å². The molecular formula is C17H20N4O. The minimum atomic E-state index is -0.438. The first-order chi connectivity index (χ1) is 10.6. The van der Waals surface area contributed by atoms with E-state index >= 15 is 0 Å². The first kappa shape index (κ1) is 13.8. The van der Waals surface area contributed by atoms with Gasteiger partial charge in [0.15, 0.2) is 0 Å². The van der Waals surface area contributed by atoms with E-state index < -0.39 is 12.1 Å². The Bertz CT molecular complexity index is 606. The summed E-state index contributed by atoms with van der Waals surface area (Å²) in [7, 11) is 0. The van der Waals surface area contributed by atoms with Gasteiger partial charge in [0.1, 0.15) is 12.1 Å². The minimum absolute atomic E-state index is 0.0350. The number of nitriles is 2. The third kappa shape index (κ3) is 1.89. The van der Waals surface area contributed by atoms with E-state index in [1.807, 2.05) is 0 Å². The lowest BCUT2D eigenvalue weighted by Crippen LogP contribution is -2.51. The van der Waals surface area contributed by atoms with E-state index in [4.69, 9.17) is 0 Å². The number of amides is 1. The summed E-state index contributed by atoms with van der Waals surface area (Å²) in [6.45, 7) is 0.243. The van der Waals surface area contributed by atoms with Crippen LogP contribution in [0.2, 0.25) is 0 Å². The molecule has 5 rings (SSSR count). The lowest BCUT2D eigenvalue weighted by atomic mass is 9.80. The molecular weight excluding hydrogens is 276 g/mol. The Labute approximate surface area is 130 Å². The Kier molecular flexibility index (Phi) is 3.03. The van der Waals surface area contributed by atoms with Gasteiger partial charge in [-0.15, -0.1) is 0 Å². The summed E-state index contributed by atoms with van der Waals surface area (Å²) < 4.78 is 0. The van der Waals surface area contributed by atoms with Crippen molar-refractivity contribution in [3.05, 3.63) is 11.6 Å². The van der Waals surface area contributed by atoms with Crippen LogP contribution in [0.5, 0.6) is 0 Å². The van der Waals surface area contributed by atoms with Gasteiger partial charge in [-0.25, -0.2) is 0 Å². The fourth-order valence-electron chi connectivity index (χ4n) is 5.19. The molecule has 0 radical (unpaired) electrons. The van der Waals surface area contributed by atoms with Gasteiger partial charge < -0.3 is 4.90 Å². The molecule has 5 atom stereocenters. The maximum atomic E-state index is 12.6. The largest absolute Gasteiger partial charge is 0.310 e. The topological polar surface area (TPSA) is 79.9 Å². The predicted molar refractivity (Wildman–Crippen MR) is 79.1 cm³/mol. The van der Waals surface area contributed by atoms with Crippen molar-refractivity contribution in [1.29, 1.82) is 10.5 Å². The summed E-state index contributed by atoms with van der Waals surface area (Å²) in [5.74, 6) is 1.37. The number of rotatable bonds is 3. The van der Waals surface area contributed by atoms with Crippen molar-refractivity contribution in [3.63, 3.8) is 0 Å². The van der Waals surface area contributed by atoms with Crippen LogP contribution in [0, 0.1) is 34.5 Å². The number of hydrogen-bond donors (Lipinski definition) is 1. The van der Waals surface area contributed by atoms with Gasteiger partial charge in [0.2, 0.25) is 5.91 Å². The van der Waals surface area contributed by atoms with Gasteiger partial charge in [0.25, 0.3) is 0 Å². The van der Waals surface area contributed by atoms with Crippen LogP contribution in [0.4, 0.5) is 0 Å². The summed E-state index contributed by atoms with van der Waals surface area (Å²) in [6.07, 6.45) is 8.39. The third-order valence-corrected chi connectivity index (χ3v) is 5.99. The van der Waals surface area contributed by atoms with E-state index in [1.165, 1.54) is 23.3 Å². The molecule has 114 valence electrons. The average molecular weight is 296 g/mol. The number of nitrogens with one attached hydrogen (secondary N) is 1. The zero-order valence-corrected chi connectivity index (χ0v) is 12.6. The first-order valence-electron chi connectivity index (χ1n) is 8.22. The van der Waals surface area contributed by atoms with Crippen molar-refractivity contribution < 1.29 is 4.79 Å². The van der Waals surface area contributed by atoms with E-state index in [1.54, 1.807) is 0 Å². The van der Waals surface area contributed by atoms with Crippen LogP contribution in [-0.4, -0.2) is 35.0 Å². The Hall–Kier alpha value is -1.85. The normalized spacial score (nSPS) is 41.4. The molecule has 1 aliphatic heterocycles. The number of allylic oxidation sites excluding steroid dienone is 1. The summed E-state index contributed by atoms with van der Waals surface area (Å²) in [5, 5.41) is 21.9. The molecule has 5 nitrogen and oxygen atoms in total. The summed E-state index contributed by atoms with van der Waals surface area (Å²) in [4.78, 5) is 14.1. The second kappa shape index (κ2) is 4.83. The zero-order chi connectivity index (χ0) is 15.3. The Morgan fingerprint density at radius 1 is 1.32 bits per heavy atom. The van der Waals surface area contributed by atoms with Crippen LogP contribution < -0.4 is 5.32 Å². The minimum Gasteiger partial charge on any atom is -0.310 e. The Morgan fingerprint density at radius 3 is 2.68 bits per heavy atom. The lowest BCUT2D eigenvalue weighted by molar-refractivity contribution is -0.131. The van der Waals surface area contributed by atoms with Gasteiger partial charge in [-0.3, -0.25) is 10.1 Å². The highest BCUT2D eigenvalue weighted by molar-refractivity contribution is 5.80. The molecule has 5 heteroatoms. The highest BCUT2D eigenvalue weighted by Gasteiger charge is 2.52. The zero-order valence-electron chi connectivity index (χ0n) is 12.6. The van der Waals surface area contributed by atoms with Crippen molar-refractivity contribution in [1.82, 2.24) is 10.2 Å². The van der Waals surface area contributed by atoms with Gasteiger partial charge in [0.05, 0.1) is 18.7 Å². The highest BCUT2D eigenvalue weighted by atomic mass is 16.2. The molecule has 3 fully saturated rings. The molecule has 0 aromatic heterocycles. The number of hydrogen-bond acceptors (Lipinski definition) is 4. The van der Waals surface area contributed by atoms with E-state index in [0.29, 0.717) is 18.8 Å². The van der Waals surface area contributed by atoms with Gasteiger partial charge >= 0.3 is 0 Å². The van der Waals surface area contributed by atoms with Crippen molar-refractivity contribution in [2.45, 2.75) is 56.1 Å². The quantitative estimate of drug-likeness (QED) is 0.800. The van der Waals surface area contributed by atoms with E-state index in [-0.39, 0.29) is 18.0 Å². The van der Waals surface area contributed by atoms with Gasteiger partial charge in [-0.2, -0.15) is 10.5 Å². The molecule has 2 saturated carbocycles. The number of carbonyl (C=O) groups excluding carboxylic acids is 1. The fourth-order valence-corrected chi connectivity index (χ4v) is 5.19. The predicted octanol–water partition coefficient (Wildman–Crippen LogP) is 1.48. The summed E-state index contributed by atoms with van der Waals surface area (Å²) in [6, 6.07) is 3.45. The van der Waals surface area contributed by atoms with Crippen LogP contribution in [-0.2, 0) is 4.79 Å². The van der Waals surface area contributed by atoms with Crippen molar-refractivity contribution in [3.8, 4) is 12.1 Å². The smallest absolute Gasteiger partial charge is 0.238 e. The molecule has 4 aliphatic carbocycles. The van der Waals surface area contributed by atoms with Crippen LogP contribution in [0.15, 0.2) is 11.6 Å². The molecule has 4 bridgehead atoms. The van der Waals surface area contributed by atoms with Crippen LogP contribution in [0.25, 0.3) is 0 Å². The van der Waals surface area contributed by atoms with Gasteiger partial charge in [-0.1, -0.05) is 11.6 Å². The molecule has 1 N–H and O–H groups in total. The summed E-state index contributed by atoms with van der Waals surface area (Å²) >= 11 is 0. The molecule has 0 aromatic carbocycles. The molecule has 0 spiro atoms. The van der Waals surface area contributed by atoms with E-state index in [2.05, 4.69) is 23.5 Å². The molecule has 1 heterocycles. The maximum Gasteiger partial charge on any atom is 0.238 e. The first-order valence-corrected chi connectivity index (χ1v) is 8.22. The number of likely N-dealkylation sites (tertiary alicyclic amines) is 1. The number of nitrogens with zero attached hydrogens (tertiary/aromatic N) is 3.